The lowest BCUT2D eigenvalue weighted by Crippen LogP contribution is -2.39. The number of fused-ring (bicyclic) bond motifs is 1. The van der Waals surface area contributed by atoms with Crippen molar-refractivity contribution in [1.82, 2.24) is 4.57 Å². The molecule has 0 unspecified atom stereocenters. The van der Waals surface area contributed by atoms with Crippen molar-refractivity contribution >= 4 is 51.9 Å². The van der Waals surface area contributed by atoms with Crippen LogP contribution in [0.15, 0.2) is 93.9 Å². The number of carbonyl (C=O) groups excluding carboxylic acids is 2. The molecule has 8 nitrogen and oxygen atoms in total. The molecule has 0 aliphatic carbocycles. The first-order valence-corrected chi connectivity index (χ1v) is 15.2. The maximum Gasteiger partial charge on any atom is 0.344 e. The lowest BCUT2D eigenvalue weighted by atomic mass is 9.96. The van der Waals surface area contributed by atoms with Crippen molar-refractivity contribution in [2.24, 2.45) is 4.99 Å². The fourth-order valence-electron chi connectivity index (χ4n) is 4.64. The molecule has 4 aromatic rings. The van der Waals surface area contributed by atoms with Gasteiger partial charge >= 0.3 is 11.9 Å². The second-order valence-electron chi connectivity index (χ2n) is 9.22. The Hall–Kier alpha value is -4.03. The van der Waals surface area contributed by atoms with Crippen molar-refractivity contribution in [3.8, 4) is 11.5 Å². The maximum atomic E-state index is 13.9. The molecule has 0 amide bonds. The SMILES string of the molecule is CCOC(=O)C1=C(C)N=c2sc(=Cc3ccc(OC(=O)c4ccccc4I)c(OCC)c3)c(=O)n2[C@@H]1c1ccccc1. The van der Waals surface area contributed by atoms with Gasteiger partial charge in [0.25, 0.3) is 5.56 Å². The second kappa shape index (κ2) is 12.9. The summed E-state index contributed by atoms with van der Waals surface area (Å²) in [5, 5.41) is 0. The van der Waals surface area contributed by atoms with Gasteiger partial charge in [0.05, 0.1) is 40.6 Å². The van der Waals surface area contributed by atoms with Crippen LogP contribution in [-0.4, -0.2) is 29.7 Å². The quantitative estimate of drug-likeness (QED) is 0.146. The number of allylic oxidation sites excluding steroid dienone is 1. The minimum Gasteiger partial charge on any atom is -0.490 e. The Morgan fingerprint density at radius 2 is 1.71 bits per heavy atom. The van der Waals surface area contributed by atoms with Crippen LogP contribution in [0.25, 0.3) is 6.08 Å². The summed E-state index contributed by atoms with van der Waals surface area (Å²) >= 11 is 3.32. The van der Waals surface area contributed by atoms with E-state index < -0.39 is 18.0 Å². The van der Waals surface area contributed by atoms with Crippen LogP contribution in [0.3, 0.4) is 0 Å². The number of thiazole rings is 1. The van der Waals surface area contributed by atoms with Gasteiger partial charge in [-0.25, -0.2) is 14.6 Å². The van der Waals surface area contributed by atoms with Gasteiger partial charge in [0.2, 0.25) is 0 Å². The molecule has 0 fully saturated rings. The van der Waals surface area contributed by atoms with E-state index in [1.807, 2.05) is 49.4 Å². The molecule has 10 heteroatoms. The van der Waals surface area contributed by atoms with E-state index in [0.29, 0.717) is 44.1 Å². The van der Waals surface area contributed by atoms with E-state index in [-0.39, 0.29) is 17.9 Å². The summed E-state index contributed by atoms with van der Waals surface area (Å²) in [6.07, 6.45) is 1.74. The highest BCUT2D eigenvalue weighted by molar-refractivity contribution is 14.1. The molecule has 0 saturated carbocycles. The molecule has 0 radical (unpaired) electrons. The first kappa shape index (κ1) is 29.5. The van der Waals surface area contributed by atoms with Gasteiger partial charge in [-0.05, 0) is 84.8 Å². The van der Waals surface area contributed by atoms with Crippen LogP contribution in [0.4, 0.5) is 0 Å². The van der Waals surface area contributed by atoms with Crippen LogP contribution in [0.2, 0.25) is 0 Å². The van der Waals surface area contributed by atoms with Crippen molar-refractivity contribution in [3.05, 3.63) is 124 Å². The zero-order valence-corrected chi connectivity index (χ0v) is 26.1. The third-order valence-corrected chi connectivity index (χ3v) is 8.42. The fourth-order valence-corrected chi connectivity index (χ4v) is 6.30. The van der Waals surface area contributed by atoms with Crippen LogP contribution >= 0.6 is 33.9 Å². The summed E-state index contributed by atoms with van der Waals surface area (Å²) in [7, 11) is 0. The van der Waals surface area contributed by atoms with Gasteiger partial charge in [0.15, 0.2) is 16.3 Å². The van der Waals surface area contributed by atoms with Gasteiger partial charge in [-0.1, -0.05) is 59.9 Å². The first-order chi connectivity index (χ1) is 20.3. The van der Waals surface area contributed by atoms with E-state index in [1.54, 1.807) is 54.8 Å². The summed E-state index contributed by atoms with van der Waals surface area (Å²) in [4.78, 5) is 44.8. The molecular weight excluding hydrogens is 667 g/mol. The number of hydrogen-bond donors (Lipinski definition) is 0. The molecule has 2 heterocycles. The molecule has 0 saturated heterocycles. The van der Waals surface area contributed by atoms with E-state index in [2.05, 4.69) is 27.6 Å². The van der Waals surface area contributed by atoms with Crippen LogP contribution in [-0.2, 0) is 9.53 Å². The van der Waals surface area contributed by atoms with Crippen LogP contribution in [0, 0.1) is 3.57 Å². The number of hydrogen-bond acceptors (Lipinski definition) is 8. The number of aromatic nitrogens is 1. The third-order valence-electron chi connectivity index (χ3n) is 6.49. The number of carbonyl (C=O) groups is 2. The molecule has 5 rings (SSSR count). The highest BCUT2D eigenvalue weighted by Crippen LogP contribution is 2.32. The Morgan fingerprint density at radius 3 is 2.43 bits per heavy atom. The largest absolute Gasteiger partial charge is 0.490 e. The second-order valence-corrected chi connectivity index (χ2v) is 11.4. The molecule has 42 heavy (non-hydrogen) atoms. The van der Waals surface area contributed by atoms with E-state index in [1.165, 1.54) is 11.3 Å². The Morgan fingerprint density at radius 1 is 0.976 bits per heavy atom. The molecular formula is C32H27IN2O6S. The molecule has 3 aromatic carbocycles. The van der Waals surface area contributed by atoms with Crippen molar-refractivity contribution in [2.45, 2.75) is 26.8 Å². The molecule has 214 valence electrons. The highest BCUT2D eigenvalue weighted by atomic mass is 127. The molecule has 1 atom stereocenters. The number of benzene rings is 3. The Bertz CT molecular complexity index is 1880. The number of rotatable bonds is 8. The van der Waals surface area contributed by atoms with E-state index >= 15 is 0 Å². The van der Waals surface area contributed by atoms with Gasteiger partial charge < -0.3 is 14.2 Å². The van der Waals surface area contributed by atoms with Crippen LogP contribution < -0.4 is 24.4 Å². The molecule has 1 aliphatic heterocycles. The lowest BCUT2D eigenvalue weighted by Gasteiger charge is -2.24. The van der Waals surface area contributed by atoms with E-state index in [9.17, 15) is 14.4 Å². The number of esters is 2. The Labute approximate surface area is 259 Å². The first-order valence-electron chi connectivity index (χ1n) is 13.3. The summed E-state index contributed by atoms with van der Waals surface area (Å²) in [6.45, 7) is 5.89. The Kier molecular flexibility index (Phi) is 9.03. The van der Waals surface area contributed by atoms with Crippen LogP contribution in [0.5, 0.6) is 11.5 Å². The van der Waals surface area contributed by atoms with Gasteiger partial charge in [0.1, 0.15) is 0 Å². The average molecular weight is 695 g/mol. The van der Waals surface area contributed by atoms with Gasteiger partial charge in [-0.15, -0.1) is 0 Å². The predicted octanol–water partition coefficient (Wildman–Crippen LogP) is 5.02. The molecule has 1 aliphatic rings. The fraction of sp³-hybridized carbons (Fsp3) is 0.188. The van der Waals surface area contributed by atoms with Gasteiger partial charge in [0, 0.05) is 3.57 Å². The normalized spacial score (nSPS) is 14.7. The molecule has 0 N–H and O–H groups in total. The molecule has 1 aromatic heterocycles. The van der Waals surface area contributed by atoms with Crippen molar-refractivity contribution < 1.29 is 23.8 Å². The monoisotopic (exact) mass is 694 g/mol. The summed E-state index contributed by atoms with van der Waals surface area (Å²) in [5.74, 6) is -0.339. The highest BCUT2D eigenvalue weighted by Gasteiger charge is 2.33. The van der Waals surface area contributed by atoms with Crippen molar-refractivity contribution in [2.75, 3.05) is 13.2 Å². The summed E-state index contributed by atoms with van der Waals surface area (Å²) in [6, 6.07) is 21.0. The molecule has 0 spiro atoms. The standard InChI is InChI=1S/C32H27IN2O6S/c1-4-39-25-17-20(15-16-24(25)41-30(37)22-13-9-10-14-23(22)33)18-26-29(36)35-28(21-11-7-6-8-12-21)27(31(38)40-5-2)19(3)34-32(35)42-26/h6-18,28H,4-5H2,1-3H3/t28-/m1/s1. The summed E-state index contributed by atoms with van der Waals surface area (Å²) < 4.78 is 19.6. The topological polar surface area (TPSA) is 96.2 Å². The summed E-state index contributed by atoms with van der Waals surface area (Å²) in [5.41, 5.74) is 2.47. The Balaban J connectivity index is 1.56. The minimum atomic E-state index is -0.676. The lowest BCUT2D eigenvalue weighted by molar-refractivity contribution is -0.139. The number of halogens is 1. The predicted molar refractivity (Wildman–Crippen MR) is 169 cm³/mol. The van der Waals surface area contributed by atoms with Gasteiger partial charge in [-0.2, -0.15) is 0 Å². The minimum absolute atomic E-state index is 0.208. The van der Waals surface area contributed by atoms with Crippen LogP contribution in [0.1, 0.15) is 48.3 Å². The van der Waals surface area contributed by atoms with Gasteiger partial charge in [-0.3, -0.25) is 9.36 Å². The average Bonchev–Trinajstić information content (AvgIpc) is 3.28. The van der Waals surface area contributed by atoms with E-state index in [0.717, 1.165) is 9.13 Å². The molecule has 0 bridgehead atoms. The zero-order valence-electron chi connectivity index (χ0n) is 23.1. The number of ether oxygens (including phenoxy) is 3. The third kappa shape index (κ3) is 5.95. The van der Waals surface area contributed by atoms with E-state index in [4.69, 9.17) is 14.2 Å². The van der Waals surface area contributed by atoms with Crippen molar-refractivity contribution in [3.63, 3.8) is 0 Å². The maximum absolute atomic E-state index is 13.9. The number of nitrogens with zero attached hydrogens (tertiary/aromatic N) is 2. The smallest absolute Gasteiger partial charge is 0.344 e. The van der Waals surface area contributed by atoms with Crippen molar-refractivity contribution in [1.29, 1.82) is 0 Å². The zero-order chi connectivity index (χ0) is 29.8.